The number of halogens is 2. The summed E-state index contributed by atoms with van der Waals surface area (Å²) >= 11 is 0. The van der Waals surface area contributed by atoms with Gasteiger partial charge in [0.2, 0.25) is 0 Å². The fourth-order valence-corrected chi connectivity index (χ4v) is 2.60. The third kappa shape index (κ3) is 3.49. The lowest BCUT2D eigenvalue weighted by Crippen LogP contribution is -2.47. The van der Waals surface area contributed by atoms with Crippen LogP contribution in [0.15, 0.2) is 18.2 Å². The van der Waals surface area contributed by atoms with Crippen molar-refractivity contribution in [2.75, 3.05) is 20.2 Å². The maximum absolute atomic E-state index is 13.2. The largest absolute Gasteiger partial charge is 0.381 e. The van der Waals surface area contributed by atoms with Gasteiger partial charge >= 0.3 is 0 Å². The quantitative estimate of drug-likeness (QED) is 0.908. The van der Waals surface area contributed by atoms with Crippen LogP contribution in [0.25, 0.3) is 0 Å². The van der Waals surface area contributed by atoms with Gasteiger partial charge in [-0.15, -0.1) is 0 Å². The topological polar surface area (TPSA) is 38.5 Å². The van der Waals surface area contributed by atoms with Gasteiger partial charge in [0.25, 0.3) is 0 Å². The Bertz CT molecular complexity index is 428. The Labute approximate surface area is 112 Å². The molecule has 1 heterocycles. The van der Waals surface area contributed by atoms with Crippen LogP contribution in [0.1, 0.15) is 18.4 Å². The Balaban J connectivity index is 2.03. The molecule has 2 unspecified atom stereocenters. The summed E-state index contributed by atoms with van der Waals surface area (Å²) < 4.78 is 31.4. The van der Waals surface area contributed by atoms with Crippen LogP contribution in [0.3, 0.4) is 0 Å². The van der Waals surface area contributed by atoms with Gasteiger partial charge in [-0.2, -0.15) is 0 Å². The number of hydrogen-bond donors (Lipinski definition) is 1. The second-order valence-electron chi connectivity index (χ2n) is 4.99. The van der Waals surface area contributed by atoms with E-state index in [-0.39, 0.29) is 12.1 Å². The van der Waals surface area contributed by atoms with Crippen molar-refractivity contribution < 1.29 is 13.5 Å². The van der Waals surface area contributed by atoms with E-state index in [9.17, 15) is 8.78 Å². The van der Waals surface area contributed by atoms with E-state index >= 15 is 0 Å². The fourth-order valence-electron chi connectivity index (χ4n) is 2.60. The molecule has 106 valence electrons. The van der Waals surface area contributed by atoms with Crippen molar-refractivity contribution in [3.05, 3.63) is 35.4 Å². The Hall–Kier alpha value is -1.04. The molecule has 1 aliphatic heterocycles. The highest BCUT2D eigenvalue weighted by molar-refractivity contribution is 5.18. The average Bonchev–Trinajstić information content (AvgIpc) is 2.43. The molecule has 2 atom stereocenters. The van der Waals surface area contributed by atoms with Crippen molar-refractivity contribution >= 4 is 0 Å². The van der Waals surface area contributed by atoms with Gasteiger partial charge in [-0.25, -0.2) is 8.78 Å². The molecule has 19 heavy (non-hydrogen) atoms. The molecular weight excluding hydrogens is 250 g/mol. The van der Waals surface area contributed by atoms with Crippen LogP contribution >= 0.6 is 0 Å². The van der Waals surface area contributed by atoms with Crippen molar-refractivity contribution in [3.63, 3.8) is 0 Å². The predicted molar refractivity (Wildman–Crippen MR) is 69.6 cm³/mol. The van der Waals surface area contributed by atoms with Crippen LogP contribution in [0.5, 0.6) is 0 Å². The Morgan fingerprint density at radius 2 is 2.16 bits per heavy atom. The minimum atomic E-state index is -0.808. The van der Waals surface area contributed by atoms with E-state index < -0.39 is 11.6 Å². The van der Waals surface area contributed by atoms with Gasteiger partial charge in [-0.3, -0.25) is 4.90 Å². The standard InChI is InChI=1S/C14H20F2N2O/c1-19-12-4-5-18(11(7-12)8-17)9-10-2-3-13(15)14(16)6-10/h2-3,6,11-12H,4-5,7-9,17H2,1H3. The van der Waals surface area contributed by atoms with Gasteiger partial charge in [-0.05, 0) is 30.5 Å². The molecule has 0 amide bonds. The lowest BCUT2D eigenvalue weighted by atomic mass is 9.98. The van der Waals surface area contributed by atoms with Crippen molar-refractivity contribution in [1.29, 1.82) is 0 Å². The van der Waals surface area contributed by atoms with Gasteiger partial charge in [0.05, 0.1) is 6.10 Å². The first kappa shape index (κ1) is 14.4. The van der Waals surface area contributed by atoms with E-state index in [2.05, 4.69) is 4.90 Å². The molecule has 0 radical (unpaired) electrons. The summed E-state index contributed by atoms with van der Waals surface area (Å²) in [6.07, 6.45) is 2.07. The summed E-state index contributed by atoms with van der Waals surface area (Å²) in [6.45, 7) is 2.00. The average molecular weight is 270 g/mol. The maximum Gasteiger partial charge on any atom is 0.159 e. The zero-order valence-electron chi connectivity index (χ0n) is 11.1. The van der Waals surface area contributed by atoms with Crippen LogP contribution < -0.4 is 5.73 Å². The zero-order valence-corrected chi connectivity index (χ0v) is 11.1. The smallest absolute Gasteiger partial charge is 0.159 e. The first-order valence-electron chi connectivity index (χ1n) is 6.55. The number of benzene rings is 1. The number of nitrogens with two attached hydrogens (primary N) is 1. The van der Waals surface area contributed by atoms with E-state index in [1.165, 1.54) is 12.1 Å². The lowest BCUT2D eigenvalue weighted by Gasteiger charge is -2.38. The molecule has 1 aromatic rings. The molecule has 0 saturated carbocycles. The number of rotatable bonds is 4. The molecule has 2 N–H and O–H groups in total. The van der Waals surface area contributed by atoms with Crippen LogP contribution in [-0.4, -0.2) is 37.2 Å². The van der Waals surface area contributed by atoms with Crippen molar-refractivity contribution in [2.45, 2.75) is 31.5 Å². The van der Waals surface area contributed by atoms with E-state index in [0.29, 0.717) is 13.1 Å². The molecule has 1 fully saturated rings. The molecule has 0 aliphatic carbocycles. The van der Waals surface area contributed by atoms with Crippen LogP contribution in [-0.2, 0) is 11.3 Å². The first-order chi connectivity index (χ1) is 9.13. The molecule has 2 rings (SSSR count). The SMILES string of the molecule is COC1CCN(Cc2ccc(F)c(F)c2)C(CN)C1. The Morgan fingerprint density at radius 3 is 2.79 bits per heavy atom. The van der Waals surface area contributed by atoms with Crippen molar-refractivity contribution in [3.8, 4) is 0 Å². The molecule has 0 aromatic heterocycles. The highest BCUT2D eigenvalue weighted by Crippen LogP contribution is 2.21. The summed E-state index contributed by atoms with van der Waals surface area (Å²) in [5.41, 5.74) is 6.56. The highest BCUT2D eigenvalue weighted by Gasteiger charge is 2.27. The van der Waals surface area contributed by atoms with Crippen LogP contribution in [0.2, 0.25) is 0 Å². The number of ether oxygens (including phenoxy) is 1. The molecule has 1 saturated heterocycles. The second kappa shape index (κ2) is 6.41. The fraction of sp³-hybridized carbons (Fsp3) is 0.571. The molecule has 0 bridgehead atoms. The molecule has 0 spiro atoms. The van der Waals surface area contributed by atoms with Crippen LogP contribution in [0.4, 0.5) is 8.78 Å². The molecule has 1 aromatic carbocycles. The van der Waals surface area contributed by atoms with Gasteiger partial charge in [0, 0.05) is 32.8 Å². The van der Waals surface area contributed by atoms with Gasteiger partial charge in [0.1, 0.15) is 0 Å². The normalized spacial score (nSPS) is 24.6. The van der Waals surface area contributed by atoms with Gasteiger partial charge < -0.3 is 10.5 Å². The highest BCUT2D eigenvalue weighted by atomic mass is 19.2. The molecule has 5 heteroatoms. The monoisotopic (exact) mass is 270 g/mol. The Morgan fingerprint density at radius 1 is 1.37 bits per heavy atom. The minimum absolute atomic E-state index is 0.229. The van der Waals surface area contributed by atoms with E-state index in [0.717, 1.165) is 24.9 Å². The summed E-state index contributed by atoms with van der Waals surface area (Å²) in [5, 5.41) is 0. The number of hydrogen-bond acceptors (Lipinski definition) is 3. The number of methoxy groups -OCH3 is 1. The number of likely N-dealkylation sites (tertiary alicyclic amines) is 1. The predicted octanol–water partition coefficient (Wildman–Crippen LogP) is 1.90. The van der Waals surface area contributed by atoms with E-state index in [1.807, 2.05) is 0 Å². The van der Waals surface area contributed by atoms with Crippen LogP contribution in [0, 0.1) is 11.6 Å². The minimum Gasteiger partial charge on any atom is -0.381 e. The van der Waals surface area contributed by atoms with Crippen molar-refractivity contribution in [1.82, 2.24) is 4.90 Å². The third-order valence-electron chi connectivity index (χ3n) is 3.76. The maximum atomic E-state index is 13.2. The zero-order chi connectivity index (χ0) is 13.8. The summed E-state index contributed by atoms with van der Waals surface area (Å²) in [5.74, 6) is -1.61. The number of nitrogens with zero attached hydrogens (tertiary/aromatic N) is 1. The second-order valence-corrected chi connectivity index (χ2v) is 4.99. The summed E-state index contributed by atoms with van der Waals surface area (Å²) in [7, 11) is 1.71. The van der Waals surface area contributed by atoms with Gasteiger partial charge in [-0.1, -0.05) is 6.07 Å². The summed E-state index contributed by atoms with van der Waals surface area (Å²) in [4.78, 5) is 2.21. The lowest BCUT2D eigenvalue weighted by molar-refractivity contribution is 0.0102. The first-order valence-corrected chi connectivity index (χ1v) is 6.55. The van der Waals surface area contributed by atoms with E-state index in [4.69, 9.17) is 10.5 Å². The van der Waals surface area contributed by atoms with Gasteiger partial charge in [0.15, 0.2) is 11.6 Å². The number of piperidine rings is 1. The molecule has 1 aliphatic rings. The molecular formula is C14H20F2N2O. The third-order valence-corrected chi connectivity index (χ3v) is 3.76. The van der Waals surface area contributed by atoms with Crippen molar-refractivity contribution in [2.24, 2.45) is 5.73 Å². The Kier molecular flexibility index (Phi) is 4.85. The summed E-state index contributed by atoms with van der Waals surface area (Å²) in [6, 6.07) is 4.27. The van der Waals surface area contributed by atoms with E-state index in [1.54, 1.807) is 13.2 Å². The molecule has 3 nitrogen and oxygen atoms in total.